The predicted octanol–water partition coefficient (Wildman–Crippen LogP) is 4.03. The molecule has 0 saturated carbocycles. The third kappa shape index (κ3) is 3.22. The van der Waals surface area contributed by atoms with Crippen LogP contribution in [0.25, 0.3) is 10.9 Å². The van der Waals surface area contributed by atoms with Crippen LogP contribution < -0.4 is 11.3 Å². The number of para-hydroxylation sites is 1. The highest BCUT2D eigenvalue weighted by Gasteiger charge is 2.29. The van der Waals surface area contributed by atoms with Crippen LogP contribution in [0.3, 0.4) is 0 Å². The average molecular weight is 383 g/mol. The van der Waals surface area contributed by atoms with E-state index >= 15 is 0 Å². The summed E-state index contributed by atoms with van der Waals surface area (Å²) in [6.45, 7) is 1.77. The molecule has 1 aromatic heterocycles. The molecule has 3 N–H and O–H groups in total. The van der Waals surface area contributed by atoms with E-state index in [2.05, 4.69) is 5.43 Å². The summed E-state index contributed by atoms with van der Waals surface area (Å²) in [5.74, 6) is 4.36. The standard InChI is InChI=1S/C24H21N3O2/c1-16-21(23(28)26-25)19-14-8-9-15-20(19)27(16)24(29)22(17-10-4-2-5-11-17)18-12-6-3-7-13-18/h2-15,22H,25H2,1H3,(H,26,28). The van der Waals surface area contributed by atoms with Crippen LogP contribution in [-0.2, 0) is 0 Å². The molecule has 1 amide bonds. The van der Waals surface area contributed by atoms with E-state index in [1.54, 1.807) is 11.5 Å². The molecule has 0 atom stereocenters. The van der Waals surface area contributed by atoms with Crippen molar-refractivity contribution >= 4 is 22.7 Å². The maximum absolute atomic E-state index is 13.9. The average Bonchev–Trinajstić information content (AvgIpc) is 3.06. The smallest absolute Gasteiger partial charge is 0.267 e. The van der Waals surface area contributed by atoms with Crippen LogP contribution in [0.1, 0.15) is 37.9 Å². The first kappa shape index (κ1) is 18.7. The monoisotopic (exact) mass is 383 g/mol. The third-order valence-electron chi connectivity index (χ3n) is 5.20. The molecule has 0 aliphatic heterocycles. The number of carbonyl (C=O) groups is 2. The Morgan fingerprint density at radius 1 is 0.828 bits per heavy atom. The van der Waals surface area contributed by atoms with Gasteiger partial charge in [-0.2, -0.15) is 0 Å². The second-order valence-electron chi connectivity index (χ2n) is 6.88. The number of rotatable bonds is 4. The van der Waals surface area contributed by atoms with Crippen LogP contribution in [0.5, 0.6) is 0 Å². The molecule has 144 valence electrons. The molecule has 0 aliphatic carbocycles. The minimum Gasteiger partial charge on any atom is -0.290 e. The molecule has 4 aromatic rings. The largest absolute Gasteiger partial charge is 0.290 e. The second kappa shape index (κ2) is 7.73. The van der Waals surface area contributed by atoms with Crippen LogP contribution in [0.4, 0.5) is 0 Å². The molecule has 0 saturated heterocycles. The van der Waals surface area contributed by atoms with Crippen molar-refractivity contribution < 1.29 is 9.59 Å². The van der Waals surface area contributed by atoms with E-state index in [0.29, 0.717) is 22.2 Å². The Kier molecular flexibility index (Phi) is 4.97. The number of hydrazine groups is 1. The Labute approximate surface area is 168 Å². The molecule has 3 aromatic carbocycles. The SMILES string of the molecule is Cc1c(C(=O)NN)c2ccccc2n1C(=O)C(c1ccccc1)c1ccccc1. The van der Waals surface area contributed by atoms with Crippen molar-refractivity contribution in [3.8, 4) is 0 Å². The van der Waals surface area contributed by atoms with Gasteiger partial charge in [0, 0.05) is 11.1 Å². The van der Waals surface area contributed by atoms with Gasteiger partial charge in [0.25, 0.3) is 5.91 Å². The number of hydrogen-bond acceptors (Lipinski definition) is 3. The summed E-state index contributed by atoms with van der Waals surface area (Å²) in [5, 5.41) is 0.696. The fourth-order valence-corrected chi connectivity index (χ4v) is 3.91. The van der Waals surface area contributed by atoms with E-state index < -0.39 is 11.8 Å². The molecule has 0 bridgehead atoms. The van der Waals surface area contributed by atoms with Crippen LogP contribution >= 0.6 is 0 Å². The fraction of sp³-hybridized carbons (Fsp3) is 0.0833. The Balaban J connectivity index is 1.96. The van der Waals surface area contributed by atoms with E-state index in [0.717, 1.165) is 11.1 Å². The number of amides is 1. The summed E-state index contributed by atoms with van der Waals surface area (Å²) in [6, 6.07) is 26.7. The van der Waals surface area contributed by atoms with E-state index in [4.69, 9.17) is 5.84 Å². The summed E-state index contributed by atoms with van der Waals surface area (Å²) < 4.78 is 1.63. The normalized spacial score (nSPS) is 11.0. The maximum atomic E-state index is 13.9. The van der Waals surface area contributed by atoms with Gasteiger partial charge in [0.15, 0.2) is 0 Å². The molecule has 5 nitrogen and oxygen atoms in total. The van der Waals surface area contributed by atoms with E-state index in [-0.39, 0.29) is 5.91 Å². The van der Waals surface area contributed by atoms with Crippen molar-refractivity contribution in [3.63, 3.8) is 0 Å². The molecule has 1 heterocycles. The minimum absolute atomic E-state index is 0.118. The molecule has 5 heteroatoms. The van der Waals surface area contributed by atoms with Crippen molar-refractivity contribution in [3.05, 3.63) is 107 Å². The molecule has 0 aliphatic rings. The van der Waals surface area contributed by atoms with Gasteiger partial charge in [0.05, 0.1) is 17.0 Å². The third-order valence-corrected chi connectivity index (χ3v) is 5.20. The van der Waals surface area contributed by atoms with Gasteiger partial charge in [-0.1, -0.05) is 78.9 Å². The van der Waals surface area contributed by atoms with Gasteiger partial charge in [0.1, 0.15) is 0 Å². The molecule has 0 unspecified atom stereocenters. The zero-order valence-electron chi connectivity index (χ0n) is 16.0. The highest BCUT2D eigenvalue weighted by atomic mass is 16.2. The van der Waals surface area contributed by atoms with Gasteiger partial charge < -0.3 is 0 Å². The van der Waals surface area contributed by atoms with E-state index in [1.807, 2.05) is 84.9 Å². The molecular formula is C24H21N3O2. The quantitative estimate of drug-likeness (QED) is 0.317. The number of benzene rings is 3. The lowest BCUT2D eigenvalue weighted by atomic mass is 9.90. The van der Waals surface area contributed by atoms with Gasteiger partial charge in [-0.15, -0.1) is 0 Å². The number of carbonyl (C=O) groups excluding carboxylic acids is 2. The Bertz CT molecular complexity index is 1140. The lowest BCUT2D eigenvalue weighted by Gasteiger charge is -2.19. The topological polar surface area (TPSA) is 77.1 Å². The Hall–Kier alpha value is -3.70. The summed E-state index contributed by atoms with van der Waals surface area (Å²) >= 11 is 0. The fourth-order valence-electron chi connectivity index (χ4n) is 3.91. The highest BCUT2D eigenvalue weighted by molar-refractivity contribution is 6.11. The van der Waals surface area contributed by atoms with Gasteiger partial charge in [-0.25, -0.2) is 5.84 Å². The first-order valence-corrected chi connectivity index (χ1v) is 9.38. The minimum atomic E-state index is -0.499. The maximum Gasteiger partial charge on any atom is 0.267 e. The molecular weight excluding hydrogens is 362 g/mol. The van der Waals surface area contributed by atoms with Crippen LogP contribution in [0, 0.1) is 6.92 Å². The number of nitrogens with one attached hydrogen (secondary N) is 1. The highest BCUT2D eigenvalue weighted by Crippen LogP contribution is 2.32. The summed E-state index contributed by atoms with van der Waals surface area (Å²) in [6.07, 6.45) is 0. The summed E-state index contributed by atoms with van der Waals surface area (Å²) in [4.78, 5) is 26.3. The number of aromatic nitrogens is 1. The molecule has 29 heavy (non-hydrogen) atoms. The number of nitrogens with zero attached hydrogens (tertiary/aromatic N) is 1. The lowest BCUT2D eigenvalue weighted by molar-refractivity contribution is 0.0896. The van der Waals surface area contributed by atoms with Gasteiger partial charge in [-0.3, -0.25) is 19.6 Å². The Morgan fingerprint density at radius 2 is 1.34 bits per heavy atom. The molecule has 0 fully saturated rings. The van der Waals surface area contributed by atoms with Gasteiger partial charge in [0.2, 0.25) is 5.91 Å². The van der Waals surface area contributed by atoms with Crippen molar-refractivity contribution in [1.82, 2.24) is 9.99 Å². The van der Waals surface area contributed by atoms with Crippen LogP contribution in [0.15, 0.2) is 84.9 Å². The number of fused-ring (bicyclic) bond motifs is 1. The first-order valence-electron chi connectivity index (χ1n) is 9.38. The van der Waals surface area contributed by atoms with Crippen molar-refractivity contribution in [2.45, 2.75) is 12.8 Å². The number of nitrogens with two attached hydrogens (primary N) is 1. The van der Waals surface area contributed by atoms with Crippen LogP contribution in [-0.4, -0.2) is 16.4 Å². The lowest BCUT2D eigenvalue weighted by Crippen LogP contribution is -2.31. The van der Waals surface area contributed by atoms with Gasteiger partial charge >= 0.3 is 0 Å². The molecule has 0 radical (unpaired) electrons. The zero-order chi connectivity index (χ0) is 20.4. The van der Waals surface area contributed by atoms with Crippen molar-refractivity contribution in [1.29, 1.82) is 0 Å². The molecule has 4 rings (SSSR count). The first-order chi connectivity index (χ1) is 14.1. The summed E-state index contributed by atoms with van der Waals surface area (Å²) in [5.41, 5.74) is 5.65. The van der Waals surface area contributed by atoms with Crippen molar-refractivity contribution in [2.75, 3.05) is 0 Å². The predicted molar refractivity (Wildman–Crippen MR) is 114 cm³/mol. The zero-order valence-corrected chi connectivity index (χ0v) is 16.0. The van der Waals surface area contributed by atoms with Gasteiger partial charge in [-0.05, 0) is 24.1 Å². The van der Waals surface area contributed by atoms with Crippen LogP contribution in [0.2, 0.25) is 0 Å². The second-order valence-corrected chi connectivity index (χ2v) is 6.88. The van der Waals surface area contributed by atoms with E-state index in [1.165, 1.54) is 0 Å². The van der Waals surface area contributed by atoms with E-state index in [9.17, 15) is 9.59 Å². The molecule has 0 spiro atoms. The Morgan fingerprint density at radius 3 is 1.90 bits per heavy atom. The number of hydrogen-bond donors (Lipinski definition) is 2. The number of nitrogen functional groups attached to an aromatic ring is 1. The summed E-state index contributed by atoms with van der Waals surface area (Å²) in [7, 11) is 0. The van der Waals surface area contributed by atoms with Crippen molar-refractivity contribution in [2.24, 2.45) is 5.84 Å².